The van der Waals surface area contributed by atoms with Crippen LogP contribution in [0, 0.1) is 0 Å². The van der Waals surface area contributed by atoms with Crippen molar-refractivity contribution in [2.45, 2.75) is 51.5 Å². The second-order valence-electron chi connectivity index (χ2n) is 9.83. The zero-order chi connectivity index (χ0) is 27.4. The maximum Gasteiger partial charge on any atom is 0.342 e. The molecule has 3 aromatic carbocycles. The number of halogens is 1. The van der Waals surface area contributed by atoms with E-state index in [-0.39, 0.29) is 30.2 Å². The summed E-state index contributed by atoms with van der Waals surface area (Å²) >= 11 is 6.25. The first-order valence-electron chi connectivity index (χ1n) is 13.3. The van der Waals surface area contributed by atoms with Crippen molar-refractivity contribution >= 4 is 29.2 Å². The lowest BCUT2D eigenvalue weighted by Gasteiger charge is -2.12. The van der Waals surface area contributed by atoms with Crippen molar-refractivity contribution in [1.82, 2.24) is 15.1 Å². The van der Waals surface area contributed by atoms with E-state index in [1.54, 1.807) is 30.3 Å². The molecule has 7 nitrogen and oxygen atoms in total. The number of hydrogen-bond donors (Lipinski definition) is 3. The van der Waals surface area contributed by atoms with Gasteiger partial charge in [-0.2, -0.15) is 9.78 Å². The Morgan fingerprint density at radius 3 is 2.46 bits per heavy atom. The van der Waals surface area contributed by atoms with Gasteiger partial charge in [0, 0.05) is 40.4 Å². The molecular formula is C31H31ClN4O3. The van der Waals surface area contributed by atoms with Gasteiger partial charge < -0.3 is 15.7 Å². The molecule has 4 aromatic rings. The number of nitrogens with one attached hydrogen (secondary N) is 2. The molecule has 0 saturated heterocycles. The molecule has 0 bridgehead atoms. The van der Waals surface area contributed by atoms with Crippen LogP contribution in [0.3, 0.4) is 0 Å². The van der Waals surface area contributed by atoms with Crippen molar-refractivity contribution in [3.63, 3.8) is 0 Å². The van der Waals surface area contributed by atoms with Crippen molar-refractivity contribution in [2.24, 2.45) is 0 Å². The molecule has 1 aromatic heterocycles. The zero-order valence-electron chi connectivity index (χ0n) is 21.8. The first kappa shape index (κ1) is 26.5. The van der Waals surface area contributed by atoms with Gasteiger partial charge in [0.05, 0.1) is 11.4 Å². The standard InChI is InChI=1S/C31H31ClN4O3/c1-2-20-11-13-22(14-12-20)30(38)34-24-15-16-25(29(37)17-24)27-18-28(21-7-3-4-8-21)36(35-27)31(39)33-19-23-9-5-6-10-26(23)32/h5-6,9-18,21,37H,2-4,7-8,19H2,1H3,(H,33,39)(H,34,38). The average Bonchev–Trinajstić information content (AvgIpc) is 3.63. The summed E-state index contributed by atoms with van der Waals surface area (Å²) in [5.41, 5.74) is 4.78. The van der Waals surface area contributed by atoms with Gasteiger partial charge in [-0.3, -0.25) is 4.79 Å². The monoisotopic (exact) mass is 542 g/mol. The molecular weight excluding hydrogens is 512 g/mol. The fourth-order valence-corrected chi connectivity index (χ4v) is 5.21. The van der Waals surface area contributed by atoms with Gasteiger partial charge in [0.15, 0.2) is 0 Å². The summed E-state index contributed by atoms with van der Waals surface area (Å²) in [7, 11) is 0. The van der Waals surface area contributed by atoms with Gasteiger partial charge in [0.1, 0.15) is 5.75 Å². The molecule has 1 heterocycles. The largest absolute Gasteiger partial charge is 0.507 e. The molecule has 0 spiro atoms. The molecule has 2 amide bonds. The third-order valence-electron chi connectivity index (χ3n) is 7.25. The van der Waals surface area contributed by atoms with Gasteiger partial charge >= 0.3 is 6.03 Å². The first-order valence-corrected chi connectivity index (χ1v) is 13.7. The van der Waals surface area contributed by atoms with Crippen molar-refractivity contribution in [1.29, 1.82) is 0 Å². The van der Waals surface area contributed by atoms with Gasteiger partial charge in [-0.1, -0.05) is 61.7 Å². The molecule has 1 aliphatic carbocycles. The molecule has 1 aliphatic rings. The lowest BCUT2D eigenvalue weighted by Crippen LogP contribution is -2.30. The molecule has 3 N–H and O–H groups in total. The number of aryl methyl sites for hydroxylation is 1. The van der Waals surface area contributed by atoms with E-state index >= 15 is 0 Å². The molecule has 1 saturated carbocycles. The predicted molar refractivity (Wildman–Crippen MR) is 153 cm³/mol. The Labute approximate surface area is 232 Å². The van der Waals surface area contributed by atoms with E-state index in [2.05, 4.69) is 22.7 Å². The number of anilines is 1. The van der Waals surface area contributed by atoms with Crippen LogP contribution in [-0.4, -0.2) is 26.8 Å². The SMILES string of the molecule is CCc1ccc(C(=O)Nc2ccc(-c3cc(C4CCCC4)n(C(=O)NCc4ccccc4Cl)n3)c(O)c2)cc1. The van der Waals surface area contributed by atoms with E-state index in [1.165, 1.54) is 10.7 Å². The van der Waals surface area contributed by atoms with E-state index in [4.69, 9.17) is 11.6 Å². The summed E-state index contributed by atoms with van der Waals surface area (Å²) in [6.45, 7) is 2.34. The maximum absolute atomic E-state index is 13.2. The van der Waals surface area contributed by atoms with Crippen LogP contribution in [0.5, 0.6) is 5.75 Å². The van der Waals surface area contributed by atoms with Crippen LogP contribution in [0.4, 0.5) is 10.5 Å². The fraction of sp³-hybridized carbons (Fsp3) is 0.258. The van der Waals surface area contributed by atoms with Crippen molar-refractivity contribution in [3.8, 4) is 17.0 Å². The number of amides is 2. The molecule has 200 valence electrons. The van der Waals surface area contributed by atoms with Crippen LogP contribution in [-0.2, 0) is 13.0 Å². The van der Waals surface area contributed by atoms with E-state index in [1.807, 2.05) is 36.4 Å². The highest BCUT2D eigenvalue weighted by atomic mass is 35.5. The Morgan fingerprint density at radius 2 is 1.77 bits per heavy atom. The number of rotatable bonds is 7. The lowest BCUT2D eigenvalue weighted by atomic mass is 10.0. The van der Waals surface area contributed by atoms with Crippen molar-refractivity contribution < 1.29 is 14.7 Å². The number of aromatic nitrogens is 2. The van der Waals surface area contributed by atoms with Gasteiger partial charge in [-0.05, 0) is 66.8 Å². The number of aromatic hydroxyl groups is 1. The number of nitrogens with zero attached hydrogens (tertiary/aromatic N) is 2. The minimum Gasteiger partial charge on any atom is -0.507 e. The van der Waals surface area contributed by atoms with Crippen LogP contribution in [0.2, 0.25) is 5.02 Å². The second-order valence-corrected chi connectivity index (χ2v) is 10.2. The molecule has 8 heteroatoms. The van der Waals surface area contributed by atoms with Gasteiger partial charge in [-0.15, -0.1) is 0 Å². The fourth-order valence-electron chi connectivity index (χ4n) is 5.01. The Balaban J connectivity index is 1.36. The topological polar surface area (TPSA) is 96.3 Å². The van der Waals surface area contributed by atoms with Crippen molar-refractivity contribution in [2.75, 3.05) is 5.32 Å². The number of phenols is 1. The summed E-state index contributed by atoms with van der Waals surface area (Å²) in [6, 6.07) is 21.3. The number of benzene rings is 3. The maximum atomic E-state index is 13.2. The molecule has 0 aliphatic heterocycles. The Kier molecular flexibility index (Phi) is 7.98. The van der Waals surface area contributed by atoms with Crippen LogP contribution >= 0.6 is 11.6 Å². The zero-order valence-corrected chi connectivity index (χ0v) is 22.5. The van der Waals surface area contributed by atoms with Gasteiger partial charge in [-0.25, -0.2) is 4.79 Å². The third kappa shape index (κ3) is 5.99. The molecule has 0 atom stereocenters. The number of phenolic OH excluding ortho intramolecular Hbond substituents is 1. The molecule has 1 fully saturated rings. The highest BCUT2D eigenvalue weighted by molar-refractivity contribution is 6.31. The number of hydrogen-bond acceptors (Lipinski definition) is 4. The summed E-state index contributed by atoms with van der Waals surface area (Å²) in [4.78, 5) is 25.9. The van der Waals surface area contributed by atoms with E-state index in [9.17, 15) is 14.7 Å². The second kappa shape index (κ2) is 11.7. The first-order chi connectivity index (χ1) is 18.9. The minimum absolute atomic E-state index is 0.0340. The smallest absolute Gasteiger partial charge is 0.342 e. The van der Waals surface area contributed by atoms with Crippen LogP contribution in [0.15, 0.2) is 72.8 Å². The van der Waals surface area contributed by atoms with Crippen LogP contribution in [0.1, 0.15) is 65.7 Å². The predicted octanol–water partition coefficient (Wildman–Crippen LogP) is 7.14. The van der Waals surface area contributed by atoms with E-state index in [0.717, 1.165) is 48.9 Å². The van der Waals surface area contributed by atoms with E-state index < -0.39 is 0 Å². The molecule has 0 radical (unpaired) electrons. The molecule has 0 unspecified atom stereocenters. The normalized spacial score (nSPS) is 13.4. The summed E-state index contributed by atoms with van der Waals surface area (Å²) < 4.78 is 1.41. The highest BCUT2D eigenvalue weighted by Gasteiger charge is 2.26. The van der Waals surface area contributed by atoms with Crippen LogP contribution < -0.4 is 10.6 Å². The van der Waals surface area contributed by atoms with Crippen LogP contribution in [0.25, 0.3) is 11.3 Å². The third-order valence-corrected chi connectivity index (χ3v) is 7.62. The number of carbonyl (C=O) groups is 2. The Bertz CT molecular complexity index is 1490. The lowest BCUT2D eigenvalue weighted by molar-refractivity contribution is 0.102. The quantitative estimate of drug-likeness (QED) is 0.231. The Hall–Kier alpha value is -4.10. The molecule has 5 rings (SSSR count). The van der Waals surface area contributed by atoms with Gasteiger partial charge in [0.25, 0.3) is 5.91 Å². The van der Waals surface area contributed by atoms with Gasteiger partial charge in [0.2, 0.25) is 0 Å². The van der Waals surface area contributed by atoms with Crippen molar-refractivity contribution in [3.05, 3.63) is 100 Å². The minimum atomic E-state index is -0.347. The average molecular weight is 543 g/mol. The Morgan fingerprint density at radius 1 is 1.03 bits per heavy atom. The summed E-state index contributed by atoms with van der Waals surface area (Å²) in [5, 5.41) is 21.8. The highest BCUT2D eigenvalue weighted by Crippen LogP contribution is 2.38. The summed E-state index contributed by atoms with van der Waals surface area (Å²) in [6.07, 6.45) is 5.08. The number of carbonyl (C=O) groups excluding carboxylic acids is 2. The molecule has 39 heavy (non-hydrogen) atoms. The van der Waals surface area contributed by atoms with E-state index in [0.29, 0.717) is 27.5 Å². The summed E-state index contributed by atoms with van der Waals surface area (Å²) in [5.74, 6) is -0.0712.